The van der Waals surface area contributed by atoms with Crippen molar-refractivity contribution in [3.63, 3.8) is 0 Å². The highest BCUT2D eigenvalue weighted by atomic mass is 35.5. The molecule has 0 bridgehead atoms. The zero-order valence-corrected chi connectivity index (χ0v) is 14.9. The minimum atomic E-state index is -0.170. The SMILES string of the molecule is CCN(CC)C(=O)C[NH+](C)CC(=O)Nc1ccc(OC)c(Cl)c1. The summed E-state index contributed by atoms with van der Waals surface area (Å²) in [5.74, 6) is 0.432. The number of methoxy groups -OCH3 is 1. The van der Waals surface area contributed by atoms with E-state index in [9.17, 15) is 9.59 Å². The Morgan fingerprint density at radius 2 is 1.91 bits per heavy atom. The summed E-state index contributed by atoms with van der Waals surface area (Å²) in [5, 5.41) is 3.20. The number of likely N-dealkylation sites (N-methyl/N-ethyl adjacent to an activating group) is 2. The summed E-state index contributed by atoms with van der Waals surface area (Å²) in [6, 6.07) is 5.05. The molecule has 0 heterocycles. The molecule has 0 spiro atoms. The monoisotopic (exact) mass is 342 g/mol. The number of amides is 2. The summed E-state index contributed by atoms with van der Waals surface area (Å²) in [6.07, 6.45) is 0. The van der Waals surface area contributed by atoms with Crippen molar-refractivity contribution in [2.24, 2.45) is 0 Å². The highest BCUT2D eigenvalue weighted by Gasteiger charge is 2.18. The molecule has 0 aliphatic heterocycles. The van der Waals surface area contributed by atoms with Crippen LogP contribution < -0.4 is 15.0 Å². The number of ether oxygens (including phenoxy) is 1. The molecule has 0 aliphatic rings. The van der Waals surface area contributed by atoms with Crippen molar-refractivity contribution in [1.29, 1.82) is 0 Å². The van der Waals surface area contributed by atoms with Crippen molar-refractivity contribution in [3.8, 4) is 5.75 Å². The average Bonchev–Trinajstić information content (AvgIpc) is 2.48. The van der Waals surface area contributed by atoms with Gasteiger partial charge in [-0.25, -0.2) is 0 Å². The first-order chi connectivity index (χ1) is 10.9. The first-order valence-corrected chi connectivity index (χ1v) is 8.01. The topological polar surface area (TPSA) is 63.1 Å². The van der Waals surface area contributed by atoms with E-state index in [0.29, 0.717) is 36.1 Å². The van der Waals surface area contributed by atoms with E-state index in [1.165, 1.54) is 7.11 Å². The minimum Gasteiger partial charge on any atom is -0.495 e. The minimum absolute atomic E-state index is 0.0489. The van der Waals surface area contributed by atoms with Crippen LogP contribution in [0.2, 0.25) is 5.02 Å². The van der Waals surface area contributed by atoms with Crippen LogP contribution in [0.15, 0.2) is 18.2 Å². The van der Waals surface area contributed by atoms with Gasteiger partial charge in [-0.1, -0.05) is 11.6 Å². The van der Waals surface area contributed by atoms with E-state index in [4.69, 9.17) is 16.3 Å². The van der Waals surface area contributed by atoms with Gasteiger partial charge in [0.05, 0.1) is 19.2 Å². The van der Waals surface area contributed by atoms with Gasteiger partial charge in [0, 0.05) is 18.8 Å². The van der Waals surface area contributed by atoms with E-state index in [1.54, 1.807) is 23.1 Å². The number of nitrogens with zero attached hydrogens (tertiary/aromatic N) is 1. The third-order valence-electron chi connectivity index (χ3n) is 3.47. The summed E-state index contributed by atoms with van der Waals surface area (Å²) >= 11 is 6.02. The van der Waals surface area contributed by atoms with Crippen LogP contribution in [0.1, 0.15) is 13.8 Å². The molecule has 1 aromatic rings. The Hall–Kier alpha value is -1.79. The molecular weight excluding hydrogens is 318 g/mol. The number of nitrogens with one attached hydrogen (secondary N) is 2. The van der Waals surface area contributed by atoms with Crippen molar-refractivity contribution < 1.29 is 19.2 Å². The Kier molecular flexibility index (Phi) is 7.85. The molecule has 0 saturated carbocycles. The number of rotatable bonds is 8. The lowest BCUT2D eigenvalue weighted by molar-refractivity contribution is -0.862. The van der Waals surface area contributed by atoms with Crippen LogP contribution in [0.25, 0.3) is 0 Å². The Balaban J connectivity index is 2.52. The zero-order chi connectivity index (χ0) is 17.4. The molecule has 23 heavy (non-hydrogen) atoms. The van der Waals surface area contributed by atoms with Crippen LogP contribution in [-0.4, -0.2) is 57.1 Å². The molecule has 0 saturated heterocycles. The molecule has 7 heteroatoms. The number of carbonyl (C=O) groups is 2. The normalized spacial score (nSPS) is 11.7. The number of anilines is 1. The Morgan fingerprint density at radius 3 is 2.43 bits per heavy atom. The lowest BCUT2D eigenvalue weighted by Gasteiger charge is -2.20. The van der Waals surface area contributed by atoms with E-state index in [0.717, 1.165) is 4.90 Å². The summed E-state index contributed by atoms with van der Waals surface area (Å²) in [4.78, 5) is 26.6. The highest BCUT2D eigenvalue weighted by Crippen LogP contribution is 2.26. The van der Waals surface area contributed by atoms with Crippen molar-refractivity contribution in [1.82, 2.24) is 4.90 Å². The Morgan fingerprint density at radius 1 is 1.26 bits per heavy atom. The standard InChI is InChI=1S/C16H24ClN3O3/c1-5-20(6-2)16(22)11-19(3)10-15(21)18-12-7-8-14(23-4)13(17)9-12/h7-9H,5-6,10-11H2,1-4H3,(H,18,21)/p+1. The first-order valence-electron chi connectivity index (χ1n) is 7.63. The van der Waals surface area contributed by atoms with Gasteiger partial charge in [0.15, 0.2) is 13.1 Å². The Labute approximate surface area is 142 Å². The molecule has 0 radical (unpaired) electrons. The fraction of sp³-hybridized carbons (Fsp3) is 0.500. The van der Waals surface area contributed by atoms with Gasteiger partial charge in [-0.15, -0.1) is 0 Å². The Bertz CT molecular complexity index is 547. The van der Waals surface area contributed by atoms with Crippen LogP contribution in [0.4, 0.5) is 5.69 Å². The maximum absolute atomic E-state index is 12.0. The lowest BCUT2D eigenvalue weighted by Crippen LogP contribution is -3.11. The van der Waals surface area contributed by atoms with E-state index in [-0.39, 0.29) is 18.4 Å². The van der Waals surface area contributed by atoms with E-state index >= 15 is 0 Å². The number of benzene rings is 1. The van der Waals surface area contributed by atoms with E-state index < -0.39 is 0 Å². The molecule has 6 nitrogen and oxygen atoms in total. The molecule has 0 aromatic heterocycles. The number of quaternary nitrogens is 1. The summed E-state index contributed by atoms with van der Waals surface area (Å²) < 4.78 is 5.07. The van der Waals surface area contributed by atoms with Gasteiger partial charge >= 0.3 is 0 Å². The fourth-order valence-corrected chi connectivity index (χ4v) is 2.49. The summed E-state index contributed by atoms with van der Waals surface area (Å²) in [7, 11) is 3.35. The van der Waals surface area contributed by atoms with Gasteiger partial charge in [0.1, 0.15) is 5.75 Å². The molecule has 128 valence electrons. The first kappa shape index (κ1) is 19.3. The van der Waals surface area contributed by atoms with Gasteiger partial charge in [0.25, 0.3) is 11.8 Å². The molecule has 1 atom stereocenters. The smallest absolute Gasteiger partial charge is 0.279 e. The number of hydrogen-bond donors (Lipinski definition) is 2. The zero-order valence-electron chi connectivity index (χ0n) is 14.1. The fourth-order valence-electron chi connectivity index (χ4n) is 2.23. The third-order valence-corrected chi connectivity index (χ3v) is 3.76. The molecule has 1 rings (SSSR count). The second-order valence-corrected chi connectivity index (χ2v) is 5.68. The highest BCUT2D eigenvalue weighted by molar-refractivity contribution is 6.32. The average molecular weight is 343 g/mol. The van der Waals surface area contributed by atoms with Gasteiger partial charge in [-0.3, -0.25) is 9.59 Å². The quantitative estimate of drug-likeness (QED) is 0.730. The molecule has 1 aromatic carbocycles. The molecule has 0 aliphatic carbocycles. The van der Waals surface area contributed by atoms with Crippen molar-refractivity contribution >= 4 is 29.1 Å². The maximum Gasteiger partial charge on any atom is 0.279 e. The third kappa shape index (κ3) is 6.08. The van der Waals surface area contributed by atoms with Crippen LogP contribution in [0.5, 0.6) is 5.75 Å². The summed E-state index contributed by atoms with van der Waals surface area (Å²) in [5.41, 5.74) is 0.601. The molecular formula is C16H25ClN3O3+. The van der Waals surface area contributed by atoms with Crippen molar-refractivity contribution in [2.45, 2.75) is 13.8 Å². The number of hydrogen-bond acceptors (Lipinski definition) is 3. The van der Waals surface area contributed by atoms with Crippen LogP contribution >= 0.6 is 11.6 Å². The maximum atomic E-state index is 12.0. The van der Waals surface area contributed by atoms with Crippen molar-refractivity contribution in [2.75, 3.05) is 45.7 Å². The number of halogens is 1. The van der Waals surface area contributed by atoms with Gasteiger partial charge in [0.2, 0.25) is 0 Å². The van der Waals surface area contributed by atoms with Gasteiger partial charge in [-0.2, -0.15) is 0 Å². The largest absolute Gasteiger partial charge is 0.495 e. The van der Waals surface area contributed by atoms with Crippen LogP contribution in [-0.2, 0) is 9.59 Å². The van der Waals surface area contributed by atoms with E-state index in [1.807, 2.05) is 20.9 Å². The van der Waals surface area contributed by atoms with E-state index in [2.05, 4.69) is 5.32 Å². The van der Waals surface area contributed by atoms with Crippen LogP contribution in [0.3, 0.4) is 0 Å². The predicted octanol–water partition coefficient (Wildman–Crippen LogP) is 0.670. The van der Waals surface area contributed by atoms with Gasteiger partial charge in [-0.05, 0) is 32.0 Å². The molecule has 0 fully saturated rings. The van der Waals surface area contributed by atoms with Crippen LogP contribution in [0, 0.1) is 0 Å². The predicted molar refractivity (Wildman–Crippen MR) is 91.2 cm³/mol. The van der Waals surface area contributed by atoms with Gasteiger partial charge < -0.3 is 19.9 Å². The van der Waals surface area contributed by atoms with Crippen molar-refractivity contribution in [3.05, 3.63) is 23.2 Å². The summed E-state index contributed by atoms with van der Waals surface area (Å²) in [6.45, 7) is 5.74. The lowest BCUT2D eigenvalue weighted by atomic mass is 10.3. The molecule has 2 amide bonds. The second kappa shape index (κ2) is 9.37. The molecule has 2 N–H and O–H groups in total. The number of carbonyl (C=O) groups excluding carboxylic acids is 2. The molecule has 1 unspecified atom stereocenters. The second-order valence-electron chi connectivity index (χ2n) is 5.27.